The molecule has 0 spiro atoms. The largest absolute Gasteiger partial charge is 0.383 e. The second-order valence-electron chi connectivity index (χ2n) is 7.10. The minimum Gasteiger partial charge on any atom is -0.383 e. The second kappa shape index (κ2) is 10.9. The summed E-state index contributed by atoms with van der Waals surface area (Å²) in [5.41, 5.74) is 0.482. The fraction of sp³-hybridized carbons (Fsp3) is 0.650. The van der Waals surface area contributed by atoms with Crippen LogP contribution in [0.25, 0.3) is 0 Å². The van der Waals surface area contributed by atoms with E-state index >= 15 is 0 Å². The molecule has 2 rings (SSSR count). The zero-order chi connectivity index (χ0) is 20.6. The van der Waals surface area contributed by atoms with Crippen LogP contribution in [-0.2, 0) is 14.8 Å². The molecule has 1 fully saturated rings. The van der Waals surface area contributed by atoms with Crippen LogP contribution in [0, 0.1) is 5.92 Å². The predicted octanol–water partition coefficient (Wildman–Crippen LogP) is 1.81. The summed E-state index contributed by atoms with van der Waals surface area (Å²) >= 11 is 0. The Bertz CT molecular complexity index is 709. The number of carbonyl (C=O) groups excluding carboxylic acids is 1. The summed E-state index contributed by atoms with van der Waals surface area (Å²) in [6, 6.07) is 6.19. The van der Waals surface area contributed by atoms with Crippen molar-refractivity contribution in [1.29, 1.82) is 0 Å². The summed E-state index contributed by atoms with van der Waals surface area (Å²) in [5.74, 6) is 0.318. The van der Waals surface area contributed by atoms with Gasteiger partial charge in [-0.25, -0.2) is 8.42 Å². The van der Waals surface area contributed by atoms with E-state index in [1.807, 2.05) is 13.8 Å². The van der Waals surface area contributed by atoms with E-state index in [2.05, 4.69) is 10.2 Å². The highest BCUT2D eigenvalue weighted by atomic mass is 32.2. The smallest absolute Gasteiger partial charge is 0.251 e. The van der Waals surface area contributed by atoms with Crippen molar-refractivity contribution in [2.24, 2.45) is 5.92 Å². The van der Waals surface area contributed by atoms with E-state index in [-0.39, 0.29) is 10.8 Å². The molecule has 1 heterocycles. The monoisotopic (exact) mass is 411 g/mol. The molecule has 0 bridgehead atoms. The number of rotatable bonds is 10. The molecule has 0 unspecified atom stereocenters. The van der Waals surface area contributed by atoms with E-state index in [4.69, 9.17) is 4.74 Å². The third kappa shape index (κ3) is 6.01. The number of hydrogen-bond donors (Lipinski definition) is 1. The number of nitrogens with zero attached hydrogens (tertiary/aromatic N) is 2. The molecule has 0 aromatic heterocycles. The summed E-state index contributed by atoms with van der Waals surface area (Å²) in [6.45, 7) is 8.88. The molecule has 7 nitrogen and oxygen atoms in total. The first kappa shape index (κ1) is 22.8. The number of nitrogens with one attached hydrogen (secondary N) is 1. The predicted molar refractivity (Wildman–Crippen MR) is 110 cm³/mol. The van der Waals surface area contributed by atoms with Gasteiger partial charge in [-0.1, -0.05) is 13.8 Å². The number of benzene rings is 1. The van der Waals surface area contributed by atoms with Crippen LogP contribution in [0.3, 0.4) is 0 Å². The van der Waals surface area contributed by atoms with Crippen molar-refractivity contribution < 1.29 is 17.9 Å². The molecule has 0 saturated carbocycles. The van der Waals surface area contributed by atoms with E-state index in [0.717, 1.165) is 39.1 Å². The van der Waals surface area contributed by atoms with Crippen LogP contribution in [0.4, 0.5) is 0 Å². The third-order valence-electron chi connectivity index (χ3n) is 5.33. The Morgan fingerprint density at radius 3 is 2.32 bits per heavy atom. The Balaban J connectivity index is 1.85. The highest BCUT2D eigenvalue weighted by molar-refractivity contribution is 7.89. The van der Waals surface area contributed by atoms with Gasteiger partial charge in [0, 0.05) is 38.9 Å². The molecule has 0 aliphatic carbocycles. The van der Waals surface area contributed by atoms with Gasteiger partial charge in [0.05, 0.1) is 11.5 Å². The van der Waals surface area contributed by atoms with Gasteiger partial charge in [-0.3, -0.25) is 4.79 Å². The summed E-state index contributed by atoms with van der Waals surface area (Å²) in [4.78, 5) is 15.0. The molecular formula is C20H33N3O4S. The van der Waals surface area contributed by atoms with Crippen molar-refractivity contribution in [3.05, 3.63) is 29.8 Å². The minimum absolute atomic E-state index is 0.159. The van der Waals surface area contributed by atoms with Gasteiger partial charge in [0.1, 0.15) is 0 Å². The van der Waals surface area contributed by atoms with Crippen LogP contribution < -0.4 is 5.32 Å². The molecule has 1 aromatic carbocycles. The average Bonchev–Trinajstić information content (AvgIpc) is 2.72. The SMILES string of the molecule is CCN(CC)S(=O)(=O)c1ccc(C(=O)NCC2CCN(CCOC)CC2)cc1. The summed E-state index contributed by atoms with van der Waals surface area (Å²) in [5, 5.41) is 2.99. The number of amides is 1. The Morgan fingerprint density at radius 1 is 1.18 bits per heavy atom. The van der Waals surface area contributed by atoms with Gasteiger partial charge in [0.2, 0.25) is 10.0 Å². The molecule has 1 amide bonds. The first-order chi connectivity index (χ1) is 13.4. The zero-order valence-electron chi connectivity index (χ0n) is 17.2. The van der Waals surface area contributed by atoms with E-state index in [1.165, 1.54) is 16.4 Å². The molecule has 1 aliphatic heterocycles. The van der Waals surface area contributed by atoms with Crippen LogP contribution in [-0.4, -0.2) is 76.5 Å². The van der Waals surface area contributed by atoms with Crippen LogP contribution >= 0.6 is 0 Å². The van der Waals surface area contributed by atoms with Crippen molar-refractivity contribution in [2.45, 2.75) is 31.6 Å². The summed E-state index contributed by atoms with van der Waals surface area (Å²) in [7, 11) is -1.78. The maximum atomic E-state index is 12.5. The number of methoxy groups -OCH3 is 1. The summed E-state index contributed by atoms with van der Waals surface area (Å²) < 4.78 is 31.5. The van der Waals surface area contributed by atoms with Gasteiger partial charge in [0.25, 0.3) is 5.91 Å². The summed E-state index contributed by atoms with van der Waals surface area (Å²) in [6.07, 6.45) is 2.12. The van der Waals surface area contributed by atoms with E-state index < -0.39 is 10.0 Å². The third-order valence-corrected chi connectivity index (χ3v) is 7.39. The number of piperidine rings is 1. The molecule has 8 heteroatoms. The number of sulfonamides is 1. The maximum absolute atomic E-state index is 12.5. The number of likely N-dealkylation sites (tertiary alicyclic amines) is 1. The number of hydrogen-bond acceptors (Lipinski definition) is 5. The van der Waals surface area contributed by atoms with Crippen LogP contribution in [0.2, 0.25) is 0 Å². The lowest BCUT2D eigenvalue weighted by Gasteiger charge is -2.31. The van der Waals surface area contributed by atoms with Crippen molar-refractivity contribution >= 4 is 15.9 Å². The van der Waals surface area contributed by atoms with Crippen LogP contribution in [0.15, 0.2) is 29.2 Å². The van der Waals surface area contributed by atoms with Gasteiger partial charge in [-0.2, -0.15) is 4.31 Å². The lowest BCUT2D eigenvalue weighted by atomic mass is 9.96. The fourth-order valence-electron chi connectivity index (χ4n) is 3.46. The van der Waals surface area contributed by atoms with Gasteiger partial charge in [-0.05, 0) is 56.1 Å². The Morgan fingerprint density at radius 2 is 1.79 bits per heavy atom. The lowest BCUT2D eigenvalue weighted by molar-refractivity contribution is 0.0926. The topological polar surface area (TPSA) is 79.0 Å². The molecule has 1 N–H and O–H groups in total. The number of carbonyl (C=O) groups is 1. The van der Waals surface area contributed by atoms with Crippen LogP contribution in [0.1, 0.15) is 37.0 Å². The molecule has 28 heavy (non-hydrogen) atoms. The molecule has 0 atom stereocenters. The van der Waals surface area contributed by atoms with Crippen molar-refractivity contribution in [1.82, 2.24) is 14.5 Å². The Hall–Kier alpha value is -1.48. The van der Waals surface area contributed by atoms with Gasteiger partial charge >= 0.3 is 0 Å². The van der Waals surface area contributed by atoms with Crippen molar-refractivity contribution in [2.75, 3.05) is 53.0 Å². The van der Waals surface area contributed by atoms with Crippen molar-refractivity contribution in [3.63, 3.8) is 0 Å². The first-order valence-electron chi connectivity index (χ1n) is 10.0. The number of ether oxygens (including phenoxy) is 1. The maximum Gasteiger partial charge on any atom is 0.251 e. The standard InChI is InChI=1S/C20H33N3O4S/c1-4-23(5-2)28(25,26)19-8-6-18(7-9-19)20(24)21-16-17-10-12-22(13-11-17)14-15-27-3/h6-9,17H,4-5,10-16H2,1-3H3,(H,21,24). The molecule has 158 valence electrons. The van der Waals surface area contributed by atoms with Gasteiger partial charge < -0.3 is 15.0 Å². The lowest BCUT2D eigenvalue weighted by Crippen LogP contribution is -2.39. The fourth-order valence-corrected chi connectivity index (χ4v) is 4.92. The van der Waals surface area contributed by atoms with Crippen molar-refractivity contribution in [3.8, 4) is 0 Å². The Labute approximate surface area is 169 Å². The molecular weight excluding hydrogens is 378 g/mol. The highest BCUT2D eigenvalue weighted by Gasteiger charge is 2.22. The van der Waals surface area contributed by atoms with E-state index in [0.29, 0.717) is 31.1 Å². The van der Waals surface area contributed by atoms with Gasteiger partial charge in [0.15, 0.2) is 0 Å². The molecule has 1 saturated heterocycles. The minimum atomic E-state index is -3.50. The normalized spacial score (nSPS) is 16.4. The molecule has 0 radical (unpaired) electrons. The first-order valence-corrected chi connectivity index (χ1v) is 11.5. The van der Waals surface area contributed by atoms with E-state index in [1.54, 1.807) is 19.2 Å². The van der Waals surface area contributed by atoms with E-state index in [9.17, 15) is 13.2 Å². The highest BCUT2D eigenvalue weighted by Crippen LogP contribution is 2.18. The molecule has 1 aliphatic rings. The Kier molecular flexibility index (Phi) is 8.88. The molecule has 1 aromatic rings. The average molecular weight is 412 g/mol. The zero-order valence-corrected chi connectivity index (χ0v) is 18.0. The van der Waals surface area contributed by atoms with Crippen LogP contribution in [0.5, 0.6) is 0 Å². The van der Waals surface area contributed by atoms with Gasteiger partial charge in [-0.15, -0.1) is 0 Å². The quantitative estimate of drug-likeness (QED) is 0.635. The second-order valence-corrected chi connectivity index (χ2v) is 9.04.